The van der Waals surface area contributed by atoms with Crippen LogP contribution < -0.4 is 10.6 Å². The van der Waals surface area contributed by atoms with Gasteiger partial charge in [0.1, 0.15) is 5.84 Å². The molecular weight excluding hydrogens is 356 g/mol. The van der Waals surface area contributed by atoms with E-state index >= 15 is 0 Å². The van der Waals surface area contributed by atoms with Gasteiger partial charge in [-0.1, -0.05) is 0 Å². The number of nitrogens with one attached hydrogen (secondary N) is 1. The number of benzene rings is 1. The van der Waals surface area contributed by atoms with Crippen LogP contribution in [0.4, 0.5) is 5.69 Å². The number of anilines is 1. The Morgan fingerprint density at radius 3 is 2.39 bits per heavy atom. The van der Waals surface area contributed by atoms with Crippen LogP contribution in [0.15, 0.2) is 24.3 Å². The molecule has 0 aliphatic carbocycles. The Balaban J connectivity index is 1.76. The molecule has 1 heterocycles. The largest absolute Gasteiger partial charge is 0.463 e. The minimum atomic E-state index is -0.208. The summed E-state index contributed by atoms with van der Waals surface area (Å²) in [7, 11) is 1.81. The molecule has 1 aromatic carbocycles. The Hall–Kier alpha value is -2.57. The third-order valence-electron chi connectivity index (χ3n) is 5.01. The van der Waals surface area contributed by atoms with Crippen LogP contribution in [0.3, 0.4) is 0 Å². The van der Waals surface area contributed by atoms with Gasteiger partial charge in [0, 0.05) is 50.3 Å². The van der Waals surface area contributed by atoms with E-state index < -0.39 is 0 Å². The molecule has 2 rings (SSSR count). The van der Waals surface area contributed by atoms with Gasteiger partial charge in [0.2, 0.25) is 5.91 Å². The van der Waals surface area contributed by atoms with Crippen molar-refractivity contribution in [1.82, 2.24) is 4.90 Å². The first-order chi connectivity index (χ1) is 13.3. The number of ether oxygens (including phenoxy) is 1. The smallest absolute Gasteiger partial charge is 0.306 e. The van der Waals surface area contributed by atoms with Crippen LogP contribution in [0.5, 0.6) is 0 Å². The number of nitrogens with zero attached hydrogens (tertiary/aromatic N) is 2. The lowest BCUT2D eigenvalue weighted by Crippen LogP contribution is -2.41. The fourth-order valence-electron chi connectivity index (χ4n) is 3.44. The first-order valence-electron chi connectivity index (χ1n) is 9.91. The average Bonchev–Trinajstić information content (AvgIpc) is 2.67. The van der Waals surface area contributed by atoms with E-state index in [2.05, 4.69) is 4.90 Å². The van der Waals surface area contributed by atoms with Crippen LogP contribution in [-0.2, 0) is 14.3 Å². The first-order valence-corrected chi connectivity index (χ1v) is 9.91. The van der Waals surface area contributed by atoms with Crippen molar-refractivity contribution in [1.29, 1.82) is 5.41 Å². The van der Waals surface area contributed by atoms with Crippen LogP contribution in [0.2, 0.25) is 0 Å². The molecule has 1 aliphatic rings. The predicted molar refractivity (Wildman–Crippen MR) is 110 cm³/mol. The maximum absolute atomic E-state index is 12.7. The molecule has 7 heteroatoms. The first kappa shape index (κ1) is 21.7. The number of carbonyl (C=O) groups is 2. The van der Waals surface area contributed by atoms with Gasteiger partial charge in [0.05, 0.1) is 6.10 Å². The number of esters is 1. The fourth-order valence-corrected chi connectivity index (χ4v) is 3.44. The molecular formula is C21H32N4O3. The highest BCUT2D eigenvalue weighted by Crippen LogP contribution is 2.25. The number of rotatable bonds is 8. The zero-order chi connectivity index (χ0) is 20.7. The zero-order valence-electron chi connectivity index (χ0n) is 17.1. The molecule has 1 fully saturated rings. The number of nitrogen functional groups attached to an aromatic ring is 1. The number of amidine groups is 1. The molecule has 1 amide bonds. The van der Waals surface area contributed by atoms with E-state index in [0.29, 0.717) is 24.9 Å². The Morgan fingerprint density at radius 1 is 1.25 bits per heavy atom. The van der Waals surface area contributed by atoms with Crippen molar-refractivity contribution in [3.05, 3.63) is 29.8 Å². The lowest BCUT2D eigenvalue weighted by Gasteiger charge is -2.34. The van der Waals surface area contributed by atoms with Crippen LogP contribution in [0.25, 0.3) is 0 Å². The van der Waals surface area contributed by atoms with Gasteiger partial charge in [-0.15, -0.1) is 0 Å². The van der Waals surface area contributed by atoms with Gasteiger partial charge in [-0.2, -0.15) is 0 Å². The number of nitrogens with two attached hydrogens (primary N) is 1. The predicted octanol–water partition coefficient (Wildman–Crippen LogP) is 2.38. The minimum Gasteiger partial charge on any atom is -0.463 e. The van der Waals surface area contributed by atoms with E-state index in [9.17, 15) is 9.59 Å². The molecule has 0 radical (unpaired) electrons. The maximum Gasteiger partial charge on any atom is 0.306 e. The van der Waals surface area contributed by atoms with Gasteiger partial charge in [-0.25, -0.2) is 0 Å². The van der Waals surface area contributed by atoms with E-state index in [1.807, 2.05) is 45.2 Å². The highest BCUT2D eigenvalue weighted by Gasteiger charge is 2.27. The fraction of sp³-hybridized carbons (Fsp3) is 0.571. The molecule has 0 spiro atoms. The molecule has 0 bridgehead atoms. The summed E-state index contributed by atoms with van der Waals surface area (Å²) in [4.78, 5) is 28.3. The standard InChI is InChI=1S/C21H32N4O3/c1-15(2)28-19(26)5-4-12-24(3)21(27)17-10-13-25(14-11-17)18-8-6-16(7-9-18)20(22)23/h6-9,15,17H,4-5,10-14H2,1-3H3,(H3,22,23). The minimum absolute atomic E-state index is 0.0281. The monoisotopic (exact) mass is 388 g/mol. The SMILES string of the molecule is CC(C)OC(=O)CCCN(C)C(=O)C1CCN(c2ccc(C(=N)N)cc2)CC1. The molecule has 3 N–H and O–H groups in total. The average molecular weight is 389 g/mol. The summed E-state index contributed by atoms with van der Waals surface area (Å²) >= 11 is 0. The third-order valence-corrected chi connectivity index (χ3v) is 5.01. The Morgan fingerprint density at radius 2 is 1.86 bits per heavy atom. The van der Waals surface area contributed by atoms with Crippen molar-refractivity contribution in [2.45, 2.75) is 45.6 Å². The summed E-state index contributed by atoms with van der Waals surface area (Å²) in [5.41, 5.74) is 7.30. The number of piperidine rings is 1. The lowest BCUT2D eigenvalue weighted by molar-refractivity contribution is -0.148. The summed E-state index contributed by atoms with van der Waals surface area (Å²) in [5.74, 6) is 0.0421. The number of carbonyl (C=O) groups excluding carboxylic acids is 2. The quantitative estimate of drug-likeness (QED) is 0.405. The van der Waals surface area contributed by atoms with Gasteiger partial charge in [-0.3, -0.25) is 15.0 Å². The number of hydrogen-bond donors (Lipinski definition) is 2. The topological polar surface area (TPSA) is 99.7 Å². The van der Waals surface area contributed by atoms with Crippen LogP contribution in [0, 0.1) is 11.3 Å². The van der Waals surface area contributed by atoms with Crippen molar-refractivity contribution in [3.63, 3.8) is 0 Å². The molecule has 28 heavy (non-hydrogen) atoms. The van der Waals surface area contributed by atoms with E-state index in [1.165, 1.54) is 0 Å². The Kier molecular flexibility index (Phi) is 7.84. The highest BCUT2D eigenvalue weighted by molar-refractivity contribution is 5.95. The Labute approximate surface area is 167 Å². The number of hydrogen-bond acceptors (Lipinski definition) is 5. The third kappa shape index (κ3) is 6.25. The van der Waals surface area contributed by atoms with Crippen LogP contribution in [-0.4, -0.2) is 55.4 Å². The molecule has 7 nitrogen and oxygen atoms in total. The number of amides is 1. The normalized spacial score (nSPS) is 14.8. The maximum atomic E-state index is 12.7. The molecule has 0 saturated carbocycles. The van der Waals surface area contributed by atoms with Crippen molar-refractivity contribution in [2.75, 3.05) is 31.6 Å². The van der Waals surface area contributed by atoms with E-state index in [-0.39, 0.29) is 29.7 Å². The summed E-state index contributed by atoms with van der Waals surface area (Å²) in [5, 5.41) is 7.46. The molecule has 1 aromatic rings. The van der Waals surface area contributed by atoms with Crippen molar-refractivity contribution >= 4 is 23.4 Å². The van der Waals surface area contributed by atoms with Crippen LogP contribution in [0.1, 0.15) is 45.1 Å². The Bertz CT molecular complexity index is 679. The van der Waals surface area contributed by atoms with Crippen LogP contribution >= 0.6 is 0 Å². The molecule has 1 aliphatic heterocycles. The van der Waals surface area contributed by atoms with Crippen molar-refractivity contribution in [3.8, 4) is 0 Å². The summed E-state index contributed by atoms with van der Waals surface area (Å²) in [6, 6.07) is 7.66. The molecule has 154 valence electrons. The highest BCUT2D eigenvalue weighted by atomic mass is 16.5. The zero-order valence-corrected chi connectivity index (χ0v) is 17.1. The van der Waals surface area contributed by atoms with Crippen molar-refractivity contribution < 1.29 is 14.3 Å². The molecule has 1 saturated heterocycles. The molecule has 0 atom stereocenters. The second-order valence-electron chi connectivity index (χ2n) is 7.62. The van der Waals surface area contributed by atoms with Gasteiger partial charge >= 0.3 is 5.97 Å². The van der Waals surface area contributed by atoms with Crippen molar-refractivity contribution in [2.24, 2.45) is 11.7 Å². The molecule has 0 aromatic heterocycles. The van der Waals surface area contributed by atoms with Gasteiger partial charge < -0.3 is 20.3 Å². The lowest BCUT2D eigenvalue weighted by atomic mass is 9.95. The van der Waals surface area contributed by atoms with Gasteiger partial charge in [0.25, 0.3) is 0 Å². The summed E-state index contributed by atoms with van der Waals surface area (Å²) in [6.07, 6.45) is 2.48. The summed E-state index contributed by atoms with van der Waals surface area (Å²) < 4.78 is 5.12. The van der Waals surface area contributed by atoms with E-state index in [1.54, 1.807) is 4.90 Å². The van der Waals surface area contributed by atoms with E-state index in [4.69, 9.17) is 15.9 Å². The van der Waals surface area contributed by atoms with E-state index in [0.717, 1.165) is 31.6 Å². The second-order valence-corrected chi connectivity index (χ2v) is 7.62. The molecule has 0 unspecified atom stereocenters. The summed E-state index contributed by atoms with van der Waals surface area (Å²) in [6.45, 7) is 5.88. The van der Waals surface area contributed by atoms with Gasteiger partial charge in [0.15, 0.2) is 0 Å². The van der Waals surface area contributed by atoms with Gasteiger partial charge in [-0.05, 0) is 57.4 Å². The second kappa shape index (κ2) is 10.1.